The van der Waals surface area contributed by atoms with Crippen LogP contribution in [0, 0.1) is 0 Å². The normalized spacial score (nSPS) is 10.9. The Labute approximate surface area is 180 Å². The summed E-state index contributed by atoms with van der Waals surface area (Å²) in [7, 11) is -1.24. The molecule has 0 saturated heterocycles. The summed E-state index contributed by atoms with van der Waals surface area (Å²) in [5, 5.41) is 3.04. The number of methoxy groups -OCH3 is 2. The first-order valence-electron chi connectivity index (χ1n) is 9.08. The summed E-state index contributed by atoms with van der Waals surface area (Å²) in [4.78, 5) is 23.3. The smallest absolute Gasteiger partial charge is 0.305 e. The summed E-state index contributed by atoms with van der Waals surface area (Å²) >= 11 is 5.94. The second-order valence-corrected chi connectivity index (χ2v) is 8.39. The van der Waals surface area contributed by atoms with Crippen molar-refractivity contribution >= 4 is 39.2 Å². The Morgan fingerprint density at radius 1 is 1.07 bits per heavy atom. The molecule has 0 aromatic heterocycles. The van der Waals surface area contributed by atoms with Gasteiger partial charge < -0.3 is 14.8 Å². The van der Waals surface area contributed by atoms with Crippen LogP contribution in [-0.2, 0) is 19.6 Å². The van der Waals surface area contributed by atoms with Gasteiger partial charge in [-0.3, -0.25) is 14.3 Å². The molecule has 0 fully saturated rings. The molecule has 0 aliphatic heterocycles. The summed E-state index contributed by atoms with van der Waals surface area (Å²) in [6.07, 6.45) is 1.44. The van der Waals surface area contributed by atoms with Crippen LogP contribution in [0.15, 0.2) is 47.4 Å². The molecule has 0 unspecified atom stereocenters. The maximum absolute atomic E-state index is 12.8. The third kappa shape index (κ3) is 6.64. The standard InChI is InChI=1S/C20H23ClN2O6S/c1-28-18-10-9-15(21)13-17(18)23-30(26,27)16-7-5-6-14(12-16)20(25)22-11-4-3-8-19(24)29-2/h5-7,9-10,12-13,23H,3-4,8,11H2,1-2H3,(H,22,25). The number of nitrogens with one attached hydrogen (secondary N) is 2. The second kappa shape index (κ2) is 10.8. The molecule has 0 radical (unpaired) electrons. The lowest BCUT2D eigenvalue weighted by molar-refractivity contribution is -0.140. The molecule has 30 heavy (non-hydrogen) atoms. The lowest BCUT2D eigenvalue weighted by atomic mass is 10.2. The third-order valence-corrected chi connectivity index (χ3v) is 5.73. The van der Waals surface area contributed by atoms with Gasteiger partial charge in [-0.05, 0) is 49.2 Å². The number of esters is 1. The maximum atomic E-state index is 12.8. The topological polar surface area (TPSA) is 111 Å². The highest BCUT2D eigenvalue weighted by atomic mass is 35.5. The molecular weight excluding hydrogens is 432 g/mol. The Morgan fingerprint density at radius 3 is 2.53 bits per heavy atom. The SMILES string of the molecule is COC(=O)CCCCNC(=O)c1cccc(S(=O)(=O)Nc2cc(Cl)ccc2OC)c1. The number of halogens is 1. The van der Waals surface area contributed by atoms with Crippen molar-refractivity contribution in [1.29, 1.82) is 0 Å². The highest BCUT2D eigenvalue weighted by Gasteiger charge is 2.18. The first-order chi connectivity index (χ1) is 14.3. The van der Waals surface area contributed by atoms with E-state index >= 15 is 0 Å². The number of anilines is 1. The van der Waals surface area contributed by atoms with E-state index in [1.54, 1.807) is 12.1 Å². The molecule has 2 N–H and O–H groups in total. The van der Waals surface area contributed by atoms with Crippen LogP contribution in [-0.4, -0.2) is 41.1 Å². The first kappa shape index (κ1) is 23.5. The zero-order valence-corrected chi connectivity index (χ0v) is 18.2. The number of sulfonamides is 1. The molecule has 0 saturated carbocycles. The van der Waals surface area contributed by atoms with Crippen molar-refractivity contribution < 1.29 is 27.5 Å². The molecule has 2 aromatic carbocycles. The zero-order chi connectivity index (χ0) is 22.1. The van der Waals surface area contributed by atoms with Crippen LogP contribution in [0.5, 0.6) is 5.75 Å². The van der Waals surface area contributed by atoms with E-state index in [0.29, 0.717) is 30.2 Å². The van der Waals surface area contributed by atoms with Gasteiger partial charge in [0.1, 0.15) is 5.75 Å². The van der Waals surface area contributed by atoms with Crippen molar-refractivity contribution in [3.05, 3.63) is 53.1 Å². The minimum atomic E-state index is -3.98. The van der Waals surface area contributed by atoms with E-state index in [1.165, 1.54) is 44.6 Å². The number of benzene rings is 2. The average molecular weight is 455 g/mol. The van der Waals surface area contributed by atoms with E-state index in [2.05, 4.69) is 14.8 Å². The van der Waals surface area contributed by atoms with Crippen LogP contribution in [0.4, 0.5) is 5.69 Å². The number of unbranched alkanes of at least 4 members (excludes halogenated alkanes) is 1. The van der Waals surface area contributed by atoms with Crippen LogP contribution >= 0.6 is 11.6 Å². The first-order valence-corrected chi connectivity index (χ1v) is 10.9. The Balaban J connectivity index is 2.06. The molecule has 0 aliphatic rings. The number of ether oxygens (including phenoxy) is 2. The van der Waals surface area contributed by atoms with Crippen molar-refractivity contribution in [3.8, 4) is 5.75 Å². The lowest BCUT2D eigenvalue weighted by Crippen LogP contribution is -2.25. The van der Waals surface area contributed by atoms with Crippen molar-refractivity contribution in [2.24, 2.45) is 0 Å². The molecule has 162 valence electrons. The van der Waals surface area contributed by atoms with Crippen LogP contribution in [0.2, 0.25) is 5.02 Å². The molecule has 0 bridgehead atoms. The fraction of sp³-hybridized carbons (Fsp3) is 0.300. The van der Waals surface area contributed by atoms with Gasteiger partial charge in [0.15, 0.2) is 0 Å². The Hall–Kier alpha value is -2.78. The van der Waals surface area contributed by atoms with E-state index < -0.39 is 15.9 Å². The van der Waals surface area contributed by atoms with Crippen LogP contribution in [0.25, 0.3) is 0 Å². The van der Waals surface area contributed by atoms with Gasteiger partial charge in [-0.1, -0.05) is 17.7 Å². The summed E-state index contributed by atoms with van der Waals surface area (Å²) in [6.45, 7) is 0.352. The zero-order valence-electron chi connectivity index (χ0n) is 16.6. The summed E-state index contributed by atoms with van der Waals surface area (Å²) in [6, 6.07) is 10.2. The van der Waals surface area contributed by atoms with Crippen molar-refractivity contribution in [2.75, 3.05) is 25.5 Å². The van der Waals surface area contributed by atoms with E-state index in [-0.39, 0.29) is 28.5 Å². The van der Waals surface area contributed by atoms with E-state index in [1.807, 2.05) is 0 Å². The minimum absolute atomic E-state index is 0.0807. The maximum Gasteiger partial charge on any atom is 0.305 e. The molecule has 0 atom stereocenters. The lowest BCUT2D eigenvalue weighted by Gasteiger charge is -2.13. The largest absolute Gasteiger partial charge is 0.495 e. The fourth-order valence-corrected chi connectivity index (χ4v) is 3.85. The summed E-state index contributed by atoms with van der Waals surface area (Å²) in [5.41, 5.74) is 0.384. The van der Waals surface area contributed by atoms with E-state index in [4.69, 9.17) is 16.3 Å². The van der Waals surface area contributed by atoms with Crippen molar-refractivity contribution in [3.63, 3.8) is 0 Å². The van der Waals surface area contributed by atoms with Crippen molar-refractivity contribution in [1.82, 2.24) is 5.32 Å². The number of hydrogen-bond donors (Lipinski definition) is 2. The third-order valence-electron chi connectivity index (χ3n) is 4.13. The van der Waals surface area contributed by atoms with Crippen LogP contribution < -0.4 is 14.8 Å². The van der Waals surface area contributed by atoms with Gasteiger partial charge in [-0.2, -0.15) is 0 Å². The molecule has 0 aliphatic carbocycles. The average Bonchev–Trinajstić information content (AvgIpc) is 2.73. The number of carbonyl (C=O) groups is 2. The monoisotopic (exact) mass is 454 g/mol. The Kier molecular flexibility index (Phi) is 8.49. The van der Waals surface area contributed by atoms with Crippen molar-refractivity contribution in [2.45, 2.75) is 24.2 Å². The van der Waals surface area contributed by atoms with Gasteiger partial charge in [0.2, 0.25) is 0 Å². The molecule has 2 rings (SSSR count). The second-order valence-electron chi connectivity index (χ2n) is 6.27. The fourth-order valence-electron chi connectivity index (χ4n) is 2.57. The number of hydrogen-bond acceptors (Lipinski definition) is 6. The molecule has 0 spiro atoms. The Morgan fingerprint density at radius 2 is 1.83 bits per heavy atom. The van der Waals surface area contributed by atoms with Crippen LogP contribution in [0.3, 0.4) is 0 Å². The summed E-state index contributed by atoms with van der Waals surface area (Å²) in [5.74, 6) is -0.405. The minimum Gasteiger partial charge on any atom is -0.495 e. The van der Waals surface area contributed by atoms with E-state index in [9.17, 15) is 18.0 Å². The van der Waals surface area contributed by atoms with Gasteiger partial charge in [0.05, 0.1) is 24.8 Å². The predicted octanol–water partition coefficient (Wildman–Crippen LogP) is 3.22. The summed E-state index contributed by atoms with van der Waals surface area (Å²) < 4.78 is 37.7. The quantitative estimate of drug-likeness (QED) is 0.421. The van der Waals surface area contributed by atoms with Gasteiger partial charge in [0.25, 0.3) is 15.9 Å². The predicted molar refractivity (Wildman–Crippen MR) is 113 cm³/mol. The number of carbonyl (C=O) groups excluding carboxylic acids is 2. The van der Waals surface area contributed by atoms with Gasteiger partial charge in [-0.25, -0.2) is 8.42 Å². The number of rotatable bonds is 10. The van der Waals surface area contributed by atoms with Gasteiger partial charge in [0, 0.05) is 23.6 Å². The Bertz CT molecular complexity index is 1010. The highest BCUT2D eigenvalue weighted by Crippen LogP contribution is 2.29. The van der Waals surface area contributed by atoms with Gasteiger partial charge in [-0.15, -0.1) is 0 Å². The molecule has 10 heteroatoms. The molecular formula is C20H23ClN2O6S. The highest BCUT2D eigenvalue weighted by molar-refractivity contribution is 7.92. The molecule has 8 nitrogen and oxygen atoms in total. The molecule has 2 aromatic rings. The van der Waals surface area contributed by atoms with Gasteiger partial charge >= 0.3 is 5.97 Å². The van der Waals surface area contributed by atoms with E-state index in [0.717, 1.165) is 0 Å². The van der Waals surface area contributed by atoms with Crippen LogP contribution in [0.1, 0.15) is 29.6 Å². The molecule has 1 amide bonds. The number of amides is 1. The molecule has 0 heterocycles.